The van der Waals surface area contributed by atoms with Crippen molar-refractivity contribution in [2.75, 3.05) is 0 Å². The SMILES string of the molecule is O=C1CCC[C@H](C(=O)NCc2ccc(C3CC3)cc2)N1. The highest BCUT2D eigenvalue weighted by Crippen LogP contribution is 2.39. The molecule has 2 aliphatic rings. The largest absolute Gasteiger partial charge is 0.350 e. The van der Waals surface area contributed by atoms with E-state index in [9.17, 15) is 9.59 Å². The van der Waals surface area contributed by atoms with E-state index in [-0.39, 0.29) is 17.9 Å². The predicted molar refractivity (Wildman–Crippen MR) is 76.0 cm³/mol. The lowest BCUT2D eigenvalue weighted by Gasteiger charge is -2.22. The van der Waals surface area contributed by atoms with Crippen LogP contribution in [0.1, 0.15) is 49.1 Å². The summed E-state index contributed by atoms with van der Waals surface area (Å²) in [6.45, 7) is 0.524. The van der Waals surface area contributed by atoms with Crippen LogP contribution < -0.4 is 10.6 Å². The van der Waals surface area contributed by atoms with E-state index in [0.29, 0.717) is 13.0 Å². The van der Waals surface area contributed by atoms with Crippen LogP contribution >= 0.6 is 0 Å². The Morgan fingerprint density at radius 1 is 1.20 bits per heavy atom. The number of carbonyl (C=O) groups is 2. The molecule has 0 bridgehead atoms. The van der Waals surface area contributed by atoms with Gasteiger partial charge in [0.05, 0.1) is 0 Å². The molecule has 1 aliphatic carbocycles. The maximum Gasteiger partial charge on any atom is 0.242 e. The minimum absolute atomic E-state index is 0.0230. The first-order valence-electron chi connectivity index (χ1n) is 7.38. The number of carbonyl (C=O) groups excluding carboxylic acids is 2. The highest BCUT2D eigenvalue weighted by atomic mass is 16.2. The monoisotopic (exact) mass is 272 g/mol. The molecule has 20 heavy (non-hydrogen) atoms. The number of amides is 2. The smallest absolute Gasteiger partial charge is 0.242 e. The first-order valence-corrected chi connectivity index (χ1v) is 7.38. The molecule has 0 aromatic heterocycles. The molecule has 4 nitrogen and oxygen atoms in total. The average molecular weight is 272 g/mol. The van der Waals surface area contributed by atoms with E-state index in [0.717, 1.165) is 24.3 Å². The fourth-order valence-electron chi connectivity index (χ4n) is 2.64. The van der Waals surface area contributed by atoms with Gasteiger partial charge in [0.25, 0.3) is 0 Å². The van der Waals surface area contributed by atoms with Crippen molar-refractivity contribution in [3.63, 3.8) is 0 Å². The number of hydrogen-bond acceptors (Lipinski definition) is 2. The Balaban J connectivity index is 1.50. The lowest BCUT2D eigenvalue weighted by Crippen LogP contribution is -2.48. The zero-order valence-corrected chi connectivity index (χ0v) is 11.5. The predicted octanol–water partition coefficient (Wildman–Crippen LogP) is 1.85. The van der Waals surface area contributed by atoms with Crippen molar-refractivity contribution in [3.8, 4) is 0 Å². The van der Waals surface area contributed by atoms with Gasteiger partial charge < -0.3 is 10.6 Å². The molecule has 4 heteroatoms. The molecule has 3 rings (SSSR count). The Labute approximate surface area is 118 Å². The van der Waals surface area contributed by atoms with Gasteiger partial charge in [-0.05, 0) is 42.7 Å². The van der Waals surface area contributed by atoms with Gasteiger partial charge in [-0.3, -0.25) is 9.59 Å². The molecule has 1 aromatic carbocycles. The van der Waals surface area contributed by atoms with Crippen molar-refractivity contribution in [2.45, 2.75) is 50.6 Å². The van der Waals surface area contributed by atoms with Crippen LogP contribution in [0.5, 0.6) is 0 Å². The summed E-state index contributed by atoms with van der Waals surface area (Å²) in [7, 11) is 0. The van der Waals surface area contributed by atoms with Crippen LogP contribution in [0.15, 0.2) is 24.3 Å². The number of hydrogen-bond donors (Lipinski definition) is 2. The number of rotatable bonds is 4. The number of piperidine rings is 1. The molecule has 0 unspecified atom stereocenters. The van der Waals surface area contributed by atoms with Crippen LogP contribution in [0.25, 0.3) is 0 Å². The molecule has 1 saturated heterocycles. The van der Waals surface area contributed by atoms with E-state index in [4.69, 9.17) is 0 Å². The average Bonchev–Trinajstić information content (AvgIpc) is 3.30. The van der Waals surface area contributed by atoms with E-state index in [1.807, 2.05) is 0 Å². The normalized spacial score (nSPS) is 22.2. The van der Waals surface area contributed by atoms with E-state index in [1.54, 1.807) is 0 Å². The topological polar surface area (TPSA) is 58.2 Å². The minimum Gasteiger partial charge on any atom is -0.350 e. The highest BCUT2D eigenvalue weighted by molar-refractivity contribution is 5.88. The van der Waals surface area contributed by atoms with Gasteiger partial charge in [-0.1, -0.05) is 24.3 Å². The molecular weight excluding hydrogens is 252 g/mol. The third-order valence-corrected chi connectivity index (χ3v) is 4.04. The first-order chi connectivity index (χ1) is 9.72. The van der Waals surface area contributed by atoms with Gasteiger partial charge in [0.2, 0.25) is 11.8 Å². The fourth-order valence-corrected chi connectivity index (χ4v) is 2.64. The summed E-state index contributed by atoms with van der Waals surface area (Å²) >= 11 is 0. The molecule has 1 saturated carbocycles. The molecule has 1 heterocycles. The summed E-state index contributed by atoms with van der Waals surface area (Å²) in [5.74, 6) is 0.658. The fraction of sp³-hybridized carbons (Fsp3) is 0.500. The Bertz CT molecular complexity index is 506. The van der Waals surface area contributed by atoms with Gasteiger partial charge in [-0.2, -0.15) is 0 Å². The van der Waals surface area contributed by atoms with Gasteiger partial charge in [-0.15, -0.1) is 0 Å². The Morgan fingerprint density at radius 3 is 2.60 bits per heavy atom. The third kappa shape index (κ3) is 3.18. The molecule has 2 fully saturated rings. The molecule has 0 radical (unpaired) electrons. The molecule has 1 aliphatic heterocycles. The second-order valence-corrected chi connectivity index (χ2v) is 5.75. The quantitative estimate of drug-likeness (QED) is 0.879. The second kappa shape index (κ2) is 5.65. The van der Waals surface area contributed by atoms with Crippen LogP contribution in [0.3, 0.4) is 0 Å². The Morgan fingerprint density at radius 2 is 1.95 bits per heavy atom. The maximum absolute atomic E-state index is 12.0. The van der Waals surface area contributed by atoms with Gasteiger partial charge in [0.1, 0.15) is 6.04 Å². The molecule has 106 valence electrons. The molecule has 2 N–H and O–H groups in total. The summed E-state index contributed by atoms with van der Waals surface area (Å²) < 4.78 is 0. The molecule has 1 atom stereocenters. The van der Waals surface area contributed by atoms with Gasteiger partial charge >= 0.3 is 0 Å². The summed E-state index contributed by atoms with van der Waals surface area (Å²) in [4.78, 5) is 23.2. The van der Waals surface area contributed by atoms with Crippen LogP contribution in [0, 0.1) is 0 Å². The molecule has 0 spiro atoms. The zero-order valence-electron chi connectivity index (χ0n) is 11.5. The number of nitrogens with one attached hydrogen (secondary N) is 2. The third-order valence-electron chi connectivity index (χ3n) is 4.04. The van der Waals surface area contributed by atoms with Crippen LogP contribution in [-0.2, 0) is 16.1 Å². The van der Waals surface area contributed by atoms with Gasteiger partial charge in [0, 0.05) is 13.0 Å². The van der Waals surface area contributed by atoms with Gasteiger partial charge in [-0.25, -0.2) is 0 Å². The maximum atomic E-state index is 12.0. The lowest BCUT2D eigenvalue weighted by molar-refractivity contribution is -0.131. The second-order valence-electron chi connectivity index (χ2n) is 5.75. The molecular formula is C16H20N2O2. The summed E-state index contributed by atoms with van der Waals surface area (Å²) in [5.41, 5.74) is 2.50. The summed E-state index contributed by atoms with van der Waals surface area (Å²) in [6.07, 6.45) is 4.67. The van der Waals surface area contributed by atoms with Crippen LogP contribution in [-0.4, -0.2) is 17.9 Å². The molecule has 1 aromatic rings. The van der Waals surface area contributed by atoms with E-state index >= 15 is 0 Å². The first kappa shape index (κ1) is 13.2. The Hall–Kier alpha value is -1.84. The van der Waals surface area contributed by atoms with Crippen LogP contribution in [0.2, 0.25) is 0 Å². The lowest BCUT2D eigenvalue weighted by atomic mass is 10.0. The van der Waals surface area contributed by atoms with Crippen molar-refractivity contribution < 1.29 is 9.59 Å². The Kier molecular flexibility index (Phi) is 3.72. The van der Waals surface area contributed by atoms with Gasteiger partial charge in [0.15, 0.2) is 0 Å². The zero-order chi connectivity index (χ0) is 13.9. The van der Waals surface area contributed by atoms with Crippen molar-refractivity contribution >= 4 is 11.8 Å². The van der Waals surface area contributed by atoms with Crippen molar-refractivity contribution in [1.82, 2.24) is 10.6 Å². The van der Waals surface area contributed by atoms with Crippen molar-refractivity contribution in [3.05, 3.63) is 35.4 Å². The van der Waals surface area contributed by atoms with E-state index in [2.05, 4.69) is 34.9 Å². The van der Waals surface area contributed by atoms with Crippen LogP contribution in [0.4, 0.5) is 0 Å². The van der Waals surface area contributed by atoms with E-state index < -0.39 is 0 Å². The summed E-state index contributed by atoms with van der Waals surface area (Å²) in [6, 6.07) is 8.10. The van der Waals surface area contributed by atoms with Crippen molar-refractivity contribution in [2.24, 2.45) is 0 Å². The number of benzene rings is 1. The highest BCUT2D eigenvalue weighted by Gasteiger charge is 2.24. The van der Waals surface area contributed by atoms with Crippen molar-refractivity contribution in [1.29, 1.82) is 0 Å². The van der Waals surface area contributed by atoms with E-state index in [1.165, 1.54) is 18.4 Å². The summed E-state index contributed by atoms with van der Waals surface area (Å²) in [5, 5.41) is 5.63. The minimum atomic E-state index is -0.359. The molecule has 2 amide bonds. The standard InChI is InChI=1S/C16H20N2O2/c19-15-3-1-2-14(18-15)16(20)17-10-11-4-6-12(7-5-11)13-8-9-13/h4-7,13-14H,1-3,8-10H2,(H,17,20)(H,18,19)/t14-/m1/s1.